The molecule has 0 atom stereocenters. The van der Waals surface area contributed by atoms with Gasteiger partial charge in [0.05, 0.1) is 6.61 Å². The van der Waals surface area contributed by atoms with Gasteiger partial charge in [-0.2, -0.15) is 0 Å². The summed E-state index contributed by atoms with van der Waals surface area (Å²) in [6.07, 6.45) is 2.03. The second-order valence-electron chi connectivity index (χ2n) is 6.27. The van der Waals surface area contributed by atoms with Gasteiger partial charge in [-0.05, 0) is 50.5 Å². The Morgan fingerprint density at radius 3 is 2.46 bits per heavy atom. The molecule has 0 radical (unpaired) electrons. The standard InChI is InChI=1S/C19H25FN2O4/c1-2-26-17(23)4-3-11-21-18(24)14-9-12-22(13-10-14)19(25)15-5-7-16(20)8-6-15/h5-8,14H,2-4,9-13H2,1H3,(H,21,24). The molecule has 1 aromatic carbocycles. The summed E-state index contributed by atoms with van der Waals surface area (Å²) in [7, 11) is 0. The SMILES string of the molecule is CCOC(=O)CCCNC(=O)C1CCN(C(=O)c2ccc(F)cc2)CC1. The van der Waals surface area contributed by atoms with Crippen molar-refractivity contribution in [2.75, 3.05) is 26.2 Å². The predicted octanol–water partition coefficient (Wildman–Crippen LogP) is 2.14. The first-order chi connectivity index (χ1) is 12.5. The maximum Gasteiger partial charge on any atom is 0.305 e. The molecule has 1 aromatic rings. The molecule has 0 aliphatic carbocycles. The number of carbonyl (C=O) groups is 3. The highest BCUT2D eigenvalue weighted by Crippen LogP contribution is 2.19. The fourth-order valence-electron chi connectivity index (χ4n) is 2.94. The molecular formula is C19H25FN2O4. The number of likely N-dealkylation sites (tertiary alicyclic amines) is 1. The van der Waals surface area contributed by atoms with Crippen LogP contribution in [0.4, 0.5) is 4.39 Å². The second kappa shape index (κ2) is 9.89. The Balaban J connectivity index is 1.70. The number of carbonyl (C=O) groups excluding carboxylic acids is 3. The maximum absolute atomic E-state index is 12.9. The number of rotatable bonds is 7. The lowest BCUT2D eigenvalue weighted by Gasteiger charge is -2.31. The van der Waals surface area contributed by atoms with Crippen LogP contribution >= 0.6 is 0 Å². The van der Waals surface area contributed by atoms with Gasteiger partial charge in [0.1, 0.15) is 5.82 Å². The Hall–Kier alpha value is -2.44. The van der Waals surface area contributed by atoms with Crippen molar-refractivity contribution in [3.63, 3.8) is 0 Å². The summed E-state index contributed by atoms with van der Waals surface area (Å²) in [5.41, 5.74) is 0.452. The summed E-state index contributed by atoms with van der Waals surface area (Å²) in [4.78, 5) is 37.5. The molecule has 6 nitrogen and oxygen atoms in total. The van der Waals surface area contributed by atoms with Crippen LogP contribution < -0.4 is 5.32 Å². The van der Waals surface area contributed by atoms with E-state index in [4.69, 9.17) is 4.74 Å². The van der Waals surface area contributed by atoms with Gasteiger partial charge in [-0.1, -0.05) is 0 Å². The molecule has 7 heteroatoms. The van der Waals surface area contributed by atoms with Crippen LogP contribution in [-0.2, 0) is 14.3 Å². The number of benzene rings is 1. The molecule has 2 rings (SSSR count). The first kappa shape index (κ1) is 19.9. The van der Waals surface area contributed by atoms with Crippen LogP contribution in [0.3, 0.4) is 0 Å². The minimum Gasteiger partial charge on any atom is -0.466 e. The molecule has 1 aliphatic heterocycles. The van der Waals surface area contributed by atoms with E-state index in [2.05, 4.69) is 5.32 Å². The van der Waals surface area contributed by atoms with Crippen molar-refractivity contribution < 1.29 is 23.5 Å². The molecule has 2 amide bonds. The van der Waals surface area contributed by atoms with E-state index in [1.54, 1.807) is 11.8 Å². The minimum atomic E-state index is -0.375. The molecule has 0 unspecified atom stereocenters. The van der Waals surface area contributed by atoms with Crippen molar-refractivity contribution in [2.24, 2.45) is 5.92 Å². The van der Waals surface area contributed by atoms with E-state index in [9.17, 15) is 18.8 Å². The Kier molecular flexibility index (Phi) is 7.56. The molecule has 1 aliphatic rings. The van der Waals surface area contributed by atoms with Crippen LogP contribution in [0.25, 0.3) is 0 Å². The predicted molar refractivity (Wildman–Crippen MR) is 93.9 cm³/mol. The monoisotopic (exact) mass is 364 g/mol. The molecule has 1 saturated heterocycles. The van der Waals surface area contributed by atoms with Crippen molar-refractivity contribution >= 4 is 17.8 Å². The topological polar surface area (TPSA) is 75.7 Å². The Bertz CT molecular complexity index is 625. The Morgan fingerprint density at radius 2 is 1.85 bits per heavy atom. The van der Waals surface area contributed by atoms with E-state index in [1.165, 1.54) is 24.3 Å². The molecule has 0 aromatic heterocycles. The number of nitrogens with one attached hydrogen (secondary N) is 1. The van der Waals surface area contributed by atoms with E-state index < -0.39 is 0 Å². The molecular weight excluding hydrogens is 339 g/mol. The molecule has 1 N–H and O–H groups in total. The normalized spacial score (nSPS) is 14.8. The molecule has 1 heterocycles. The van der Waals surface area contributed by atoms with Gasteiger partial charge < -0.3 is 15.0 Å². The van der Waals surface area contributed by atoms with Gasteiger partial charge in [0, 0.05) is 37.5 Å². The van der Waals surface area contributed by atoms with Gasteiger partial charge in [0.2, 0.25) is 5.91 Å². The van der Waals surface area contributed by atoms with E-state index in [0.717, 1.165) is 0 Å². The summed E-state index contributed by atoms with van der Waals surface area (Å²) in [6, 6.07) is 5.48. The lowest BCUT2D eigenvalue weighted by molar-refractivity contribution is -0.143. The van der Waals surface area contributed by atoms with Gasteiger partial charge in [0.25, 0.3) is 5.91 Å². The summed E-state index contributed by atoms with van der Waals surface area (Å²) in [5.74, 6) is -0.940. The number of hydrogen-bond donors (Lipinski definition) is 1. The summed E-state index contributed by atoms with van der Waals surface area (Å²) in [6.45, 7) is 3.55. The third-order valence-corrected chi connectivity index (χ3v) is 4.41. The zero-order chi connectivity index (χ0) is 18.9. The molecule has 0 saturated carbocycles. The van der Waals surface area contributed by atoms with E-state index in [-0.39, 0.29) is 29.5 Å². The number of hydrogen-bond acceptors (Lipinski definition) is 4. The molecule has 0 bridgehead atoms. The fourth-order valence-corrected chi connectivity index (χ4v) is 2.94. The van der Waals surface area contributed by atoms with Crippen molar-refractivity contribution in [2.45, 2.75) is 32.6 Å². The van der Waals surface area contributed by atoms with Crippen molar-refractivity contribution in [3.8, 4) is 0 Å². The van der Waals surface area contributed by atoms with E-state index in [1.807, 2.05) is 0 Å². The van der Waals surface area contributed by atoms with Crippen LogP contribution in [0.5, 0.6) is 0 Å². The number of piperidine rings is 1. The Morgan fingerprint density at radius 1 is 1.19 bits per heavy atom. The fraction of sp³-hybridized carbons (Fsp3) is 0.526. The summed E-state index contributed by atoms with van der Waals surface area (Å²) in [5, 5.41) is 2.84. The average Bonchev–Trinajstić information content (AvgIpc) is 2.65. The minimum absolute atomic E-state index is 0.0391. The maximum atomic E-state index is 12.9. The third kappa shape index (κ3) is 5.82. The highest BCUT2D eigenvalue weighted by molar-refractivity contribution is 5.94. The van der Waals surface area contributed by atoms with Crippen molar-refractivity contribution in [1.29, 1.82) is 0 Å². The zero-order valence-electron chi connectivity index (χ0n) is 15.0. The molecule has 0 spiro atoms. The molecule has 1 fully saturated rings. The zero-order valence-corrected chi connectivity index (χ0v) is 15.0. The number of esters is 1. The highest BCUT2D eigenvalue weighted by atomic mass is 19.1. The quantitative estimate of drug-likeness (QED) is 0.594. The lowest BCUT2D eigenvalue weighted by Crippen LogP contribution is -2.43. The number of amides is 2. The van der Waals surface area contributed by atoms with Crippen LogP contribution in [0.1, 0.15) is 43.0 Å². The molecule has 142 valence electrons. The van der Waals surface area contributed by atoms with Crippen molar-refractivity contribution in [1.82, 2.24) is 10.2 Å². The number of nitrogens with zero attached hydrogens (tertiary/aromatic N) is 1. The second-order valence-corrected chi connectivity index (χ2v) is 6.27. The first-order valence-corrected chi connectivity index (χ1v) is 8.99. The summed E-state index contributed by atoms with van der Waals surface area (Å²) < 4.78 is 17.8. The number of ether oxygens (including phenoxy) is 1. The Labute approximate surface area is 152 Å². The van der Waals surface area contributed by atoms with E-state index >= 15 is 0 Å². The van der Waals surface area contributed by atoms with Crippen LogP contribution in [0, 0.1) is 11.7 Å². The third-order valence-electron chi connectivity index (χ3n) is 4.41. The van der Waals surface area contributed by atoms with Crippen LogP contribution in [0.2, 0.25) is 0 Å². The van der Waals surface area contributed by atoms with Crippen LogP contribution in [0.15, 0.2) is 24.3 Å². The van der Waals surface area contributed by atoms with Gasteiger partial charge >= 0.3 is 5.97 Å². The average molecular weight is 364 g/mol. The van der Waals surface area contributed by atoms with Crippen molar-refractivity contribution in [3.05, 3.63) is 35.6 Å². The summed E-state index contributed by atoms with van der Waals surface area (Å²) >= 11 is 0. The highest BCUT2D eigenvalue weighted by Gasteiger charge is 2.27. The largest absolute Gasteiger partial charge is 0.466 e. The van der Waals surface area contributed by atoms with Gasteiger partial charge in [0.15, 0.2) is 0 Å². The van der Waals surface area contributed by atoms with Crippen LogP contribution in [-0.4, -0.2) is 48.9 Å². The van der Waals surface area contributed by atoms with E-state index in [0.29, 0.717) is 57.5 Å². The molecule has 26 heavy (non-hydrogen) atoms. The first-order valence-electron chi connectivity index (χ1n) is 8.99. The van der Waals surface area contributed by atoms with Gasteiger partial charge in [-0.3, -0.25) is 14.4 Å². The number of halogens is 1. The smallest absolute Gasteiger partial charge is 0.305 e. The lowest BCUT2D eigenvalue weighted by atomic mass is 9.95. The van der Waals surface area contributed by atoms with Gasteiger partial charge in [-0.15, -0.1) is 0 Å². The van der Waals surface area contributed by atoms with Gasteiger partial charge in [-0.25, -0.2) is 4.39 Å².